The number of piperidine rings is 1. The number of alkyl halides is 1. The first-order valence-electron chi connectivity index (χ1n) is 10.2. The Kier molecular flexibility index (Phi) is 7.85. The summed E-state index contributed by atoms with van der Waals surface area (Å²) in [6.45, 7) is 3.39. The summed E-state index contributed by atoms with van der Waals surface area (Å²) in [7, 11) is 1.52. The molecule has 0 atom stereocenters. The quantitative estimate of drug-likeness (QED) is 0.577. The maximum atomic E-state index is 10.8. The van der Waals surface area contributed by atoms with Crippen LogP contribution in [0, 0.1) is 11.8 Å². The minimum Gasteiger partial charge on any atom is -0.494 e. The molecule has 2 aliphatic rings. The van der Waals surface area contributed by atoms with Gasteiger partial charge in [-0.25, -0.2) is 4.79 Å². The fourth-order valence-corrected chi connectivity index (χ4v) is 4.95. The molecule has 1 saturated heterocycles. The fourth-order valence-electron chi connectivity index (χ4n) is 4.30. The first-order chi connectivity index (χ1) is 13.6. The second kappa shape index (κ2) is 10.3. The second-order valence-electron chi connectivity index (χ2n) is 7.95. The highest BCUT2D eigenvalue weighted by Crippen LogP contribution is 2.32. The lowest BCUT2D eigenvalue weighted by Crippen LogP contribution is -2.41. The topological polar surface area (TPSA) is 71.0 Å². The predicted octanol–water partition coefficient (Wildman–Crippen LogP) is 4.83. The number of benzene rings is 1. The van der Waals surface area contributed by atoms with Crippen molar-refractivity contribution in [3.8, 4) is 11.5 Å². The van der Waals surface area contributed by atoms with Crippen LogP contribution in [-0.4, -0.2) is 54.3 Å². The van der Waals surface area contributed by atoms with Crippen LogP contribution in [0.15, 0.2) is 18.2 Å². The van der Waals surface area contributed by atoms with E-state index in [9.17, 15) is 4.79 Å². The zero-order valence-electron chi connectivity index (χ0n) is 16.5. The van der Waals surface area contributed by atoms with Crippen LogP contribution < -0.4 is 14.8 Å². The Labute approximate surface area is 175 Å². The first kappa shape index (κ1) is 21.2. The van der Waals surface area contributed by atoms with Crippen LogP contribution in [0.3, 0.4) is 0 Å². The van der Waals surface area contributed by atoms with Gasteiger partial charge >= 0.3 is 6.09 Å². The van der Waals surface area contributed by atoms with Crippen molar-refractivity contribution < 1.29 is 19.4 Å². The largest absolute Gasteiger partial charge is 0.494 e. The summed E-state index contributed by atoms with van der Waals surface area (Å²) in [5.41, 5.74) is 0.423. The van der Waals surface area contributed by atoms with Crippen molar-refractivity contribution >= 4 is 27.7 Å². The molecule has 1 aliphatic heterocycles. The Balaban J connectivity index is 1.44. The molecule has 0 aromatic heterocycles. The van der Waals surface area contributed by atoms with Crippen LogP contribution >= 0.6 is 15.9 Å². The van der Waals surface area contributed by atoms with E-state index in [0.29, 0.717) is 11.4 Å². The predicted molar refractivity (Wildman–Crippen MR) is 114 cm³/mol. The van der Waals surface area contributed by atoms with Crippen LogP contribution in [0.4, 0.5) is 10.5 Å². The number of nitrogens with zero attached hydrogens (tertiary/aromatic N) is 1. The van der Waals surface area contributed by atoms with E-state index in [2.05, 4.69) is 26.1 Å². The Morgan fingerprint density at radius 1 is 1.18 bits per heavy atom. The molecule has 3 rings (SSSR count). The molecule has 1 saturated carbocycles. The lowest BCUT2D eigenvalue weighted by molar-refractivity contribution is 0.0840. The van der Waals surface area contributed by atoms with Gasteiger partial charge in [0, 0.05) is 31.0 Å². The zero-order valence-corrected chi connectivity index (χ0v) is 18.1. The summed E-state index contributed by atoms with van der Waals surface area (Å²) in [5, 5.41) is 12.4. The molecule has 0 unspecified atom stereocenters. The molecule has 1 aromatic rings. The molecule has 2 fully saturated rings. The van der Waals surface area contributed by atoms with E-state index in [1.54, 1.807) is 18.2 Å². The number of nitrogens with one attached hydrogen (secondary N) is 1. The van der Waals surface area contributed by atoms with Crippen molar-refractivity contribution in [2.24, 2.45) is 11.8 Å². The van der Waals surface area contributed by atoms with Gasteiger partial charge in [0.15, 0.2) is 0 Å². The summed E-state index contributed by atoms with van der Waals surface area (Å²) >= 11 is 3.62. The van der Waals surface area contributed by atoms with E-state index in [1.165, 1.54) is 39.3 Å². The van der Waals surface area contributed by atoms with Gasteiger partial charge in [0.1, 0.15) is 17.6 Å². The number of halogens is 1. The van der Waals surface area contributed by atoms with Crippen molar-refractivity contribution in [3.63, 3.8) is 0 Å². The number of rotatable bonds is 7. The number of likely N-dealkylation sites (tertiary alicyclic amines) is 1. The normalized spacial score (nSPS) is 23.9. The zero-order chi connectivity index (χ0) is 19.9. The van der Waals surface area contributed by atoms with Gasteiger partial charge in [-0.2, -0.15) is 0 Å². The summed E-state index contributed by atoms with van der Waals surface area (Å²) in [6, 6.07) is 5.23. The van der Waals surface area contributed by atoms with Crippen molar-refractivity contribution in [2.45, 2.75) is 44.6 Å². The van der Waals surface area contributed by atoms with Gasteiger partial charge in [-0.05, 0) is 62.5 Å². The fraction of sp³-hybridized carbons (Fsp3) is 0.667. The van der Waals surface area contributed by atoms with Crippen LogP contribution in [0.2, 0.25) is 0 Å². The average Bonchev–Trinajstić information content (AvgIpc) is 2.71. The van der Waals surface area contributed by atoms with Gasteiger partial charge in [0.25, 0.3) is 0 Å². The molecule has 1 aromatic carbocycles. The van der Waals surface area contributed by atoms with Gasteiger partial charge in [-0.15, -0.1) is 0 Å². The second-order valence-corrected chi connectivity index (χ2v) is 8.60. The molecule has 1 aliphatic carbocycles. The average molecular weight is 455 g/mol. The molecular weight excluding hydrogens is 424 g/mol. The number of carbonyl (C=O) groups is 1. The third-order valence-electron chi connectivity index (χ3n) is 5.95. The highest BCUT2D eigenvalue weighted by atomic mass is 79.9. The van der Waals surface area contributed by atoms with Crippen molar-refractivity contribution in [2.75, 3.05) is 37.4 Å². The summed E-state index contributed by atoms with van der Waals surface area (Å²) in [4.78, 5) is 13.4. The van der Waals surface area contributed by atoms with Crippen LogP contribution in [0.5, 0.6) is 11.5 Å². The highest BCUT2D eigenvalue weighted by molar-refractivity contribution is 9.09. The minimum absolute atomic E-state index is 0.198. The van der Waals surface area contributed by atoms with Crippen LogP contribution in [0.25, 0.3) is 0 Å². The number of ether oxygens (including phenoxy) is 2. The lowest BCUT2D eigenvalue weighted by atomic mass is 9.82. The number of methoxy groups -OCH3 is 1. The molecule has 0 spiro atoms. The Hall–Kier alpha value is -1.47. The number of hydrogen-bond acceptors (Lipinski definition) is 4. The number of carboxylic acid groups (broad SMARTS) is 1. The number of hydrogen-bond donors (Lipinski definition) is 2. The van der Waals surface area contributed by atoms with Crippen molar-refractivity contribution in [3.05, 3.63) is 18.2 Å². The Morgan fingerprint density at radius 3 is 2.46 bits per heavy atom. The van der Waals surface area contributed by atoms with Crippen molar-refractivity contribution in [1.29, 1.82) is 0 Å². The van der Waals surface area contributed by atoms with Gasteiger partial charge in [0.2, 0.25) is 0 Å². The molecular formula is C21H31BrN2O4. The summed E-state index contributed by atoms with van der Waals surface area (Å²) in [6.07, 6.45) is 6.59. The standard InChI is InChI=1S/C21H31BrN2O4/c1-27-20-12-18(6-7-19(20)23-21(25)26)28-17-8-10-24(11-9-17)14-16-4-2-15(13-22)3-5-16/h6-7,12,15-17,23H,2-5,8-11,13-14H2,1H3,(H,25,26). The van der Waals surface area contributed by atoms with E-state index < -0.39 is 6.09 Å². The van der Waals surface area contributed by atoms with Crippen LogP contribution in [-0.2, 0) is 0 Å². The molecule has 0 bridgehead atoms. The minimum atomic E-state index is -1.11. The summed E-state index contributed by atoms with van der Waals surface area (Å²) < 4.78 is 11.4. The Bertz CT molecular complexity index is 641. The van der Waals surface area contributed by atoms with Gasteiger partial charge in [0.05, 0.1) is 12.8 Å². The third-order valence-corrected chi connectivity index (χ3v) is 6.87. The molecule has 2 N–H and O–H groups in total. The molecule has 1 heterocycles. The van der Waals surface area contributed by atoms with Gasteiger partial charge in [-0.3, -0.25) is 5.32 Å². The maximum Gasteiger partial charge on any atom is 0.409 e. The van der Waals surface area contributed by atoms with E-state index in [4.69, 9.17) is 14.6 Å². The smallest absolute Gasteiger partial charge is 0.409 e. The van der Waals surface area contributed by atoms with E-state index in [1.807, 2.05) is 0 Å². The molecule has 0 radical (unpaired) electrons. The number of anilines is 1. The molecule has 156 valence electrons. The first-order valence-corrected chi connectivity index (χ1v) is 11.3. The van der Waals surface area contributed by atoms with E-state index in [0.717, 1.165) is 48.8 Å². The lowest BCUT2D eigenvalue weighted by Gasteiger charge is -2.36. The molecule has 1 amide bonds. The van der Waals surface area contributed by atoms with Crippen molar-refractivity contribution in [1.82, 2.24) is 4.90 Å². The monoisotopic (exact) mass is 454 g/mol. The van der Waals surface area contributed by atoms with E-state index >= 15 is 0 Å². The van der Waals surface area contributed by atoms with Crippen LogP contribution in [0.1, 0.15) is 38.5 Å². The molecule has 7 heteroatoms. The highest BCUT2D eigenvalue weighted by Gasteiger charge is 2.26. The number of amides is 1. The third kappa shape index (κ3) is 6.01. The van der Waals surface area contributed by atoms with Gasteiger partial charge < -0.3 is 19.5 Å². The van der Waals surface area contributed by atoms with Gasteiger partial charge in [-0.1, -0.05) is 15.9 Å². The molecule has 28 heavy (non-hydrogen) atoms. The Morgan fingerprint density at radius 2 is 1.86 bits per heavy atom. The molecule has 6 nitrogen and oxygen atoms in total. The SMILES string of the molecule is COc1cc(OC2CCN(CC3CCC(CBr)CC3)CC2)ccc1NC(=O)O. The van der Waals surface area contributed by atoms with E-state index in [-0.39, 0.29) is 6.10 Å². The summed E-state index contributed by atoms with van der Waals surface area (Å²) in [5.74, 6) is 2.92. The maximum absolute atomic E-state index is 10.8.